The van der Waals surface area contributed by atoms with Crippen molar-refractivity contribution < 1.29 is 9.47 Å². The molecule has 0 radical (unpaired) electrons. The Bertz CT molecular complexity index is 405. The number of nitrogens with one attached hydrogen (secondary N) is 1. The highest BCUT2D eigenvalue weighted by atomic mass is 16.5. The molecule has 0 spiro atoms. The zero-order valence-electron chi connectivity index (χ0n) is 10.5. The van der Waals surface area contributed by atoms with Gasteiger partial charge in [0.05, 0.1) is 14.2 Å². The largest absolute Gasteiger partial charge is 0.493 e. The van der Waals surface area contributed by atoms with Crippen LogP contribution in [0.4, 0.5) is 0 Å². The SMILES string of the molecule is COc1cccc(C=C2CCCCN2)c1OC. The van der Waals surface area contributed by atoms with Gasteiger partial charge in [0, 0.05) is 17.8 Å². The first-order valence-electron chi connectivity index (χ1n) is 6.00. The Kier molecular flexibility index (Phi) is 3.91. The minimum Gasteiger partial charge on any atom is -0.493 e. The molecule has 17 heavy (non-hydrogen) atoms. The molecule has 0 amide bonds. The highest BCUT2D eigenvalue weighted by Crippen LogP contribution is 2.32. The first-order chi connectivity index (χ1) is 8.35. The lowest BCUT2D eigenvalue weighted by Gasteiger charge is -2.17. The van der Waals surface area contributed by atoms with Crippen molar-refractivity contribution in [2.24, 2.45) is 0 Å². The van der Waals surface area contributed by atoms with Gasteiger partial charge in [-0.15, -0.1) is 0 Å². The second kappa shape index (κ2) is 5.62. The van der Waals surface area contributed by atoms with Crippen LogP contribution in [0.3, 0.4) is 0 Å². The number of benzene rings is 1. The molecule has 1 aliphatic rings. The van der Waals surface area contributed by atoms with Crippen LogP contribution in [0.25, 0.3) is 6.08 Å². The van der Waals surface area contributed by atoms with Crippen molar-refractivity contribution in [2.45, 2.75) is 19.3 Å². The molecule has 1 aliphatic heterocycles. The van der Waals surface area contributed by atoms with Crippen molar-refractivity contribution in [3.63, 3.8) is 0 Å². The molecule has 1 heterocycles. The van der Waals surface area contributed by atoms with Crippen LogP contribution in [0.5, 0.6) is 11.5 Å². The van der Waals surface area contributed by atoms with Gasteiger partial charge < -0.3 is 14.8 Å². The number of para-hydroxylation sites is 1. The first-order valence-corrected chi connectivity index (χ1v) is 6.00. The van der Waals surface area contributed by atoms with E-state index < -0.39 is 0 Å². The predicted molar refractivity (Wildman–Crippen MR) is 69.4 cm³/mol. The molecule has 0 unspecified atom stereocenters. The summed E-state index contributed by atoms with van der Waals surface area (Å²) in [5.74, 6) is 1.58. The van der Waals surface area contributed by atoms with Gasteiger partial charge in [0.2, 0.25) is 0 Å². The Balaban J connectivity index is 2.30. The predicted octanol–water partition coefficient (Wildman–Crippen LogP) is 2.82. The summed E-state index contributed by atoms with van der Waals surface area (Å²) in [5, 5.41) is 3.42. The van der Waals surface area contributed by atoms with E-state index in [2.05, 4.69) is 11.4 Å². The molecule has 3 nitrogen and oxygen atoms in total. The van der Waals surface area contributed by atoms with Gasteiger partial charge in [-0.25, -0.2) is 0 Å². The molecule has 2 rings (SSSR count). The summed E-state index contributed by atoms with van der Waals surface area (Å²) >= 11 is 0. The molecule has 3 heteroatoms. The summed E-state index contributed by atoms with van der Waals surface area (Å²) in [6.45, 7) is 1.07. The van der Waals surface area contributed by atoms with Crippen molar-refractivity contribution >= 4 is 6.08 Å². The molecular weight excluding hydrogens is 214 g/mol. The van der Waals surface area contributed by atoms with E-state index >= 15 is 0 Å². The monoisotopic (exact) mass is 233 g/mol. The van der Waals surface area contributed by atoms with Crippen LogP contribution in [0.2, 0.25) is 0 Å². The van der Waals surface area contributed by atoms with E-state index in [0.29, 0.717) is 0 Å². The Labute approximate surface area is 102 Å². The molecule has 0 aromatic heterocycles. The Morgan fingerprint density at radius 1 is 1.18 bits per heavy atom. The number of ether oxygens (including phenoxy) is 2. The van der Waals surface area contributed by atoms with Crippen molar-refractivity contribution in [2.75, 3.05) is 20.8 Å². The lowest BCUT2D eigenvalue weighted by Crippen LogP contribution is -2.19. The number of piperidine rings is 1. The number of hydrogen-bond acceptors (Lipinski definition) is 3. The van der Waals surface area contributed by atoms with Gasteiger partial charge in [-0.3, -0.25) is 0 Å². The Hall–Kier alpha value is -1.64. The normalized spacial score (nSPS) is 17.6. The van der Waals surface area contributed by atoms with Crippen molar-refractivity contribution in [1.29, 1.82) is 0 Å². The van der Waals surface area contributed by atoms with Crippen LogP contribution in [-0.2, 0) is 0 Å². The summed E-state index contributed by atoms with van der Waals surface area (Å²) < 4.78 is 10.7. The van der Waals surface area contributed by atoms with E-state index in [0.717, 1.165) is 30.0 Å². The fourth-order valence-corrected chi connectivity index (χ4v) is 2.11. The zero-order valence-corrected chi connectivity index (χ0v) is 10.5. The van der Waals surface area contributed by atoms with Crippen LogP contribution in [0.15, 0.2) is 23.9 Å². The van der Waals surface area contributed by atoms with E-state index in [-0.39, 0.29) is 0 Å². The summed E-state index contributed by atoms with van der Waals surface area (Å²) in [6.07, 6.45) is 5.78. The van der Waals surface area contributed by atoms with Crippen LogP contribution >= 0.6 is 0 Å². The van der Waals surface area contributed by atoms with Crippen LogP contribution in [0, 0.1) is 0 Å². The molecule has 1 saturated heterocycles. The van der Waals surface area contributed by atoms with Gasteiger partial charge in [-0.1, -0.05) is 12.1 Å². The first kappa shape index (κ1) is 11.8. The average molecular weight is 233 g/mol. The average Bonchev–Trinajstić information content (AvgIpc) is 2.39. The summed E-state index contributed by atoms with van der Waals surface area (Å²) in [7, 11) is 3.34. The summed E-state index contributed by atoms with van der Waals surface area (Å²) in [5.41, 5.74) is 2.35. The van der Waals surface area contributed by atoms with Gasteiger partial charge in [-0.05, 0) is 31.4 Å². The molecular formula is C14H19NO2. The van der Waals surface area contributed by atoms with Gasteiger partial charge in [0.15, 0.2) is 11.5 Å². The van der Waals surface area contributed by atoms with Gasteiger partial charge in [0.1, 0.15) is 0 Å². The molecule has 0 bridgehead atoms. The number of rotatable bonds is 3. The number of methoxy groups -OCH3 is 2. The minimum absolute atomic E-state index is 0.776. The van der Waals surface area contributed by atoms with Gasteiger partial charge in [-0.2, -0.15) is 0 Å². The smallest absolute Gasteiger partial charge is 0.167 e. The highest BCUT2D eigenvalue weighted by molar-refractivity contribution is 5.64. The molecule has 0 saturated carbocycles. The summed E-state index contributed by atoms with van der Waals surface area (Å²) in [4.78, 5) is 0. The fraction of sp³-hybridized carbons (Fsp3) is 0.429. The second-order valence-electron chi connectivity index (χ2n) is 4.14. The lowest BCUT2D eigenvalue weighted by atomic mass is 10.1. The van der Waals surface area contributed by atoms with E-state index in [9.17, 15) is 0 Å². The third-order valence-corrected chi connectivity index (χ3v) is 2.99. The van der Waals surface area contributed by atoms with E-state index in [1.54, 1.807) is 14.2 Å². The Morgan fingerprint density at radius 3 is 2.71 bits per heavy atom. The third kappa shape index (κ3) is 2.73. The highest BCUT2D eigenvalue weighted by Gasteiger charge is 2.10. The van der Waals surface area contributed by atoms with Crippen molar-refractivity contribution in [1.82, 2.24) is 5.32 Å². The summed E-state index contributed by atoms with van der Waals surface area (Å²) in [6, 6.07) is 5.94. The molecule has 1 aromatic rings. The quantitative estimate of drug-likeness (QED) is 0.870. The maximum Gasteiger partial charge on any atom is 0.167 e. The van der Waals surface area contributed by atoms with Crippen LogP contribution in [-0.4, -0.2) is 20.8 Å². The van der Waals surface area contributed by atoms with Crippen LogP contribution in [0.1, 0.15) is 24.8 Å². The minimum atomic E-state index is 0.776. The fourth-order valence-electron chi connectivity index (χ4n) is 2.11. The molecule has 1 aromatic carbocycles. The number of hydrogen-bond donors (Lipinski definition) is 1. The van der Waals surface area contributed by atoms with Gasteiger partial charge >= 0.3 is 0 Å². The molecule has 92 valence electrons. The zero-order chi connectivity index (χ0) is 12.1. The standard InChI is InChI=1S/C14H19NO2/c1-16-13-8-5-6-11(14(13)17-2)10-12-7-3-4-9-15-12/h5-6,8,10,15H,3-4,7,9H2,1-2H3. The molecule has 1 N–H and O–H groups in total. The van der Waals surface area contributed by atoms with Crippen LogP contribution < -0.4 is 14.8 Å². The molecule has 0 aliphatic carbocycles. The second-order valence-corrected chi connectivity index (χ2v) is 4.14. The van der Waals surface area contributed by atoms with Gasteiger partial charge in [0.25, 0.3) is 0 Å². The van der Waals surface area contributed by atoms with E-state index in [1.807, 2.05) is 18.2 Å². The molecule has 1 fully saturated rings. The lowest BCUT2D eigenvalue weighted by molar-refractivity contribution is 0.354. The molecule has 0 atom stereocenters. The Morgan fingerprint density at radius 2 is 2.06 bits per heavy atom. The van der Waals surface area contributed by atoms with E-state index in [1.165, 1.54) is 18.5 Å². The van der Waals surface area contributed by atoms with Crippen molar-refractivity contribution in [3.05, 3.63) is 29.5 Å². The third-order valence-electron chi connectivity index (χ3n) is 2.99. The number of allylic oxidation sites excluding steroid dienone is 1. The maximum absolute atomic E-state index is 5.41. The van der Waals surface area contributed by atoms with E-state index in [4.69, 9.17) is 9.47 Å². The topological polar surface area (TPSA) is 30.5 Å². The van der Waals surface area contributed by atoms with Crippen molar-refractivity contribution in [3.8, 4) is 11.5 Å². The maximum atomic E-state index is 5.41.